The summed E-state index contributed by atoms with van der Waals surface area (Å²) in [6.07, 6.45) is 11.4. The lowest BCUT2D eigenvalue weighted by Gasteiger charge is -2.24. The van der Waals surface area contributed by atoms with E-state index < -0.39 is 0 Å². The topological polar surface area (TPSA) is 12.0 Å². The average Bonchev–Trinajstić information content (AvgIpc) is 2.38. The van der Waals surface area contributed by atoms with Gasteiger partial charge >= 0.3 is 0 Å². The van der Waals surface area contributed by atoms with Crippen LogP contribution < -0.4 is 5.32 Å². The van der Waals surface area contributed by atoms with E-state index in [0.717, 1.165) is 13.0 Å². The lowest BCUT2D eigenvalue weighted by atomic mass is 10.0. The van der Waals surface area contributed by atoms with Crippen molar-refractivity contribution in [3.8, 4) is 12.3 Å². The highest BCUT2D eigenvalue weighted by atomic mass is 15.0. The summed E-state index contributed by atoms with van der Waals surface area (Å²) >= 11 is 0. The highest BCUT2D eigenvalue weighted by molar-refractivity contribution is 4.91. The number of hydrogen-bond acceptors (Lipinski definition) is 1. The molecule has 0 heterocycles. The Kier molecular flexibility index (Phi) is 2.96. The van der Waals surface area contributed by atoms with Gasteiger partial charge in [0.05, 0.1) is 0 Å². The standard InChI is InChI=1S/C10H17N/c1-3-4-9-11-10(2)7-5-6-8-10/h1,11H,4-9H2,2H3. The lowest BCUT2D eigenvalue weighted by molar-refractivity contribution is 0.370. The summed E-state index contributed by atoms with van der Waals surface area (Å²) in [5.74, 6) is 2.65. The van der Waals surface area contributed by atoms with E-state index in [-0.39, 0.29) is 0 Å². The number of nitrogens with one attached hydrogen (secondary N) is 1. The van der Waals surface area contributed by atoms with Crippen LogP contribution in [-0.2, 0) is 0 Å². The molecule has 0 aromatic heterocycles. The second-order valence-electron chi connectivity index (χ2n) is 3.65. The van der Waals surface area contributed by atoms with Gasteiger partial charge in [0, 0.05) is 18.5 Å². The molecule has 62 valence electrons. The third-order valence-corrected chi connectivity index (χ3v) is 2.53. The van der Waals surface area contributed by atoms with E-state index in [1.54, 1.807) is 0 Å². The average molecular weight is 151 g/mol. The largest absolute Gasteiger partial charge is 0.311 e. The molecule has 1 saturated carbocycles. The molecule has 1 aliphatic carbocycles. The van der Waals surface area contributed by atoms with E-state index in [4.69, 9.17) is 6.42 Å². The molecule has 1 fully saturated rings. The van der Waals surface area contributed by atoms with Crippen molar-refractivity contribution in [3.63, 3.8) is 0 Å². The highest BCUT2D eigenvalue weighted by Crippen LogP contribution is 2.28. The molecular formula is C10H17N. The van der Waals surface area contributed by atoms with E-state index in [0.29, 0.717) is 5.54 Å². The molecule has 0 spiro atoms. The van der Waals surface area contributed by atoms with Crippen molar-refractivity contribution in [1.29, 1.82) is 0 Å². The summed E-state index contributed by atoms with van der Waals surface area (Å²) < 4.78 is 0. The molecule has 1 heteroatoms. The molecule has 0 unspecified atom stereocenters. The van der Waals surface area contributed by atoms with Crippen LogP contribution in [0.5, 0.6) is 0 Å². The monoisotopic (exact) mass is 151 g/mol. The Morgan fingerprint density at radius 3 is 2.64 bits per heavy atom. The number of hydrogen-bond donors (Lipinski definition) is 1. The molecule has 0 atom stereocenters. The molecule has 0 amide bonds. The fraction of sp³-hybridized carbons (Fsp3) is 0.800. The van der Waals surface area contributed by atoms with Gasteiger partial charge in [-0.15, -0.1) is 12.3 Å². The Hall–Kier alpha value is -0.480. The normalized spacial score (nSPS) is 21.5. The van der Waals surface area contributed by atoms with Crippen molar-refractivity contribution in [3.05, 3.63) is 0 Å². The summed E-state index contributed by atoms with van der Waals surface area (Å²) in [4.78, 5) is 0. The molecule has 0 bridgehead atoms. The van der Waals surface area contributed by atoms with Gasteiger partial charge in [0.25, 0.3) is 0 Å². The fourth-order valence-corrected chi connectivity index (χ4v) is 1.77. The van der Waals surface area contributed by atoms with Gasteiger partial charge in [0.1, 0.15) is 0 Å². The smallest absolute Gasteiger partial charge is 0.0212 e. The Morgan fingerprint density at radius 2 is 2.09 bits per heavy atom. The number of rotatable bonds is 3. The summed E-state index contributed by atoms with van der Waals surface area (Å²) in [5.41, 5.74) is 0.400. The van der Waals surface area contributed by atoms with Crippen LogP contribution in [0.15, 0.2) is 0 Å². The molecule has 1 rings (SSSR count). The van der Waals surface area contributed by atoms with Crippen LogP contribution in [0.25, 0.3) is 0 Å². The van der Waals surface area contributed by atoms with Crippen LogP contribution in [0.1, 0.15) is 39.0 Å². The molecule has 0 aromatic rings. The maximum atomic E-state index is 5.17. The Bertz CT molecular complexity index is 149. The summed E-state index contributed by atoms with van der Waals surface area (Å²) in [7, 11) is 0. The van der Waals surface area contributed by atoms with Gasteiger partial charge in [-0.1, -0.05) is 12.8 Å². The maximum Gasteiger partial charge on any atom is 0.0212 e. The van der Waals surface area contributed by atoms with Crippen LogP contribution in [-0.4, -0.2) is 12.1 Å². The zero-order valence-corrected chi connectivity index (χ0v) is 7.32. The van der Waals surface area contributed by atoms with Crippen molar-refractivity contribution in [2.45, 2.75) is 44.6 Å². The summed E-state index contributed by atoms with van der Waals surface area (Å²) in [5, 5.41) is 3.52. The van der Waals surface area contributed by atoms with Crippen LogP contribution in [0.2, 0.25) is 0 Å². The summed E-state index contributed by atoms with van der Waals surface area (Å²) in [6, 6.07) is 0. The second kappa shape index (κ2) is 3.78. The first-order valence-electron chi connectivity index (χ1n) is 4.45. The van der Waals surface area contributed by atoms with E-state index in [9.17, 15) is 0 Å². The minimum atomic E-state index is 0.400. The van der Waals surface area contributed by atoms with Gasteiger partial charge in [-0.2, -0.15) is 0 Å². The maximum absolute atomic E-state index is 5.17. The van der Waals surface area contributed by atoms with Crippen LogP contribution in [0, 0.1) is 12.3 Å². The third-order valence-electron chi connectivity index (χ3n) is 2.53. The second-order valence-corrected chi connectivity index (χ2v) is 3.65. The molecule has 1 nitrogen and oxygen atoms in total. The molecule has 1 N–H and O–H groups in total. The van der Waals surface area contributed by atoms with Gasteiger partial charge in [-0.3, -0.25) is 0 Å². The van der Waals surface area contributed by atoms with E-state index in [2.05, 4.69) is 18.2 Å². The molecule has 1 aliphatic rings. The van der Waals surface area contributed by atoms with Crippen molar-refractivity contribution in [2.24, 2.45) is 0 Å². The zero-order valence-electron chi connectivity index (χ0n) is 7.32. The highest BCUT2D eigenvalue weighted by Gasteiger charge is 2.26. The lowest BCUT2D eigenvalue weighted by Crippen LogP contribution is -2.39. The van der Waals surface area contributed by atoms with Crippen LogP contribution >= 0.6 is 0 Å². The van der Waals surface area contributed by atoms with Gasteiger partial charge < -0.3 is 5.32 Å². The van der Waals surface area contributed by atoms with Crippen LogP contribution in [0.4, 0.5) is 0 Å². The van der Waals surface area contributed by atoms with Crippen molar-refractivity contribution < 1.29 is 0 Å². The third kappa shape index (κ3) is 2.55. The quantitative estimate of drug-likeness (QED) is 0.480. The first-order valence-corrected chi connectivity index (χ1v) is 4.45. The summed E-state index contributed by atoms with van der Waals surface area (Å²) in [6.45, 7) is 3.28. The Morgan fingerprint density at radius 1 is 1.45 bits per heavy atom. The Labute approximate surface area is 69.6 Å². The zero-order chi connectivity index (χ0) is 8.16. The predicted molar refractivity (Wildman–Crippen MR) is 48.3 cm³/mol. The van der Waals surface area contributed by atoms with E-state index in [1.165, 1.54) is 25.7 Å². The molecule has 0 aliphatic heterocycles. The fourth-order valence-electron chi connectivity index (χ4n) is 1.77. The SMILES string of the molecule is C#CCCNC1(C)CCCC1. The Balaban J connectivity index is 2.19. The van der Waals surface area contributed by atoms with Crippen LogP contribution in [0.3, 0.4) is 0 Å². The molecular weight excluding hydrogens is 134 g/mol. The first-order chi connectivity index (χ1) is 5.27. The van der Waals surface area contributed by atoms with Crippen molar-refractivity contribution >= 4 is 0 Å². The van der Waals surface area contributed by atoms with Gasteiger partial charge in [0.2, 0.25) is 0 Å². The molecule has 11 heavy (non-hydrogen) atoms. The van der Waals surface area contributed by atoms with E-state index >= 15 is 0 Å². The first kappa shape index (κ1) is 8.62. The predicted octanol–water partition coefficient (Wildman–Crippen LogP) is 1.93. The minimum absolute atomic E-state index is 0.400. The van der Waals surface area contributed by atoms with Crippen molar-refractivity contribution in [1.82, 2.24) is 5.32 Å². The number of terminal acetylenes is 1. The van der Waals surface area contributed by atoms with Gasteiger partial charge in [-0.25, -0.2) is 0 Å². The molecule has 0 saturated heterocycles. The molecule has 0 radical (unpaired) electrons. The molecule has 0 aromatic carbocycles. The minimum Gasteiger partial charge on any atom is -0.311 e. The van der Waals surface area contributed by atoms with E-state index in [1.807, 2.05) is 0 Å². The van der Waals surface area contributed by atoms with Gasteiger partial charge in [0.15, 0.2) is 0 Å². The van der Waals surface area contributed by atoms with Crippen molar-refractivity contribution in [2.75, 3.05) is 6.54 Å². The van der Waals surface area contributed by atoms with Gasteiger partial charge in [-0.05, 0) is 19.8 Å².